The van der Waals surface area contributed by atoms with Crippen LogP contribution in [0, 0.1) is 50.2 Å². The molecule has 53 heavy (non-hydrogen) atoms. The zero-order valence-electron chi connectivity index (χ0n) is 34.5. The van der Waals surface area contributed by atoms with E-state index in [2.05, 4.69) is 55.4 Å². The quantitative estimate of drug-likeness (QED) is 0.203. The summed E-state index contributed by atoms with van der Waals surface area (Å²) in [6.45, 7) is 24.2. The van der Waals surface area contributed by atoms with E-state index in [0.29, 0.717) is 23.8 Å². The first-order chi connectivity index (χ1) is 24.6. The lowest BCUT2D eigenvalue weighted by atomic mass is 9.31. The highest BCUT2D eigenvalue weighted by atomic mass is 16.6. The number of allylic oxidation sites excluding steroid dienone is 1. The Morgan fingerprint density at radius 2 is 1.60 bits per heavy atom. The zero-order valence-corrected chi connectivity index (χ0v) is 34.5. The Morgan fingerprint density at radius 1 is 0.943 bits per heavy atom. The van der Waals surface area contributed by atoms with E-state index in [1.165, 1.54) is 6.08 Å². The Bertz CT molecular complexity index is 1610. The number of benzene rings is 1. The molecule has 0 amide bonds. The predicted molar refractivity (Wildman–Crippen MR) is 208 cm³/mol. The van der Waals surface area contributed by atoms with Gasteiger partial charge in [-0.15, -0.1) is 0 Å². The van der Waals surface area contributed by atoms with Crippen molar-refractivity contribution in [3.05, 3.63) is 53.6 Å². The van der Waals surface area contributed by atoms with Crippen molar-refractivity contribution in [2.24, 2.45) is 50.2 Å². The summed E-state index contributed by atoms with van der Waals surface area (Å²) in [5, 5.41) is 24.2. The van der Waals surface area contributed by atoms with Crippen LogP contribution in [0.2, 0.25) is 0 Å². The Balaban J connectivity index is 1.45. The number of esters is 2. The molecule has 7 heteroatoms. The van der Waals surface area contributed by atoms with E-state index in [1.54, 1.807) is 32.9 Å². The van der Waals surface area contributed by atoms with Gasteiger partial charge in [0.15, 0.2) is 0 Å². The maximum atomic E-state index is 13.8. The Morgan fingerprint density at radius 3 is 2.25 bits per heavy atom. The number of fused-ring (bicyclic) bond motifs is 5. The first-order valence-corrected chi connectivity index (χ1v) is 20.4. The minimum atomic E-state index is -1.01. The smallest absolute Gasteiger partial charge is 0.333 e. The number of rotatable bonds is 8. The standard InChI is InChI=1S/C46H68O7/c1-12-29(2)39(50)52-30(3)38(53-37(49)19-18-31-16-14-13-15-17-31)45-28-51-46(34(45)26-40(4,5)6)25-21-33-42(9)23-22-35(47)41(7,8)32(42)20-24-43(33,10)44(46,11)27-36(45)48/h12-19,30,32-36,38,47-48H,20-28H2,1-11H3/b19-18-,29-12-/t30-,32?,33?,34?,35+,36-,38+,42+,43-,44+,45+,46+/m1/s1. The van der Waals surface area contributed by atoms with Gasteiger partial charge >= 0.3 is 11.9 Å². The van der Waals surface area contributed by atoms with Crippen LogP contribution in [0.3, 0.4) is 0 Å². The van der Waals surface area contributed by atoms with Crippen molar-refractivity contribution in [1.82, 2.24) is 0 Å². The predicted octanol–water partition coefficient (Wildman–Crippen LogP) is 9.10. The third kappa shape index (κ3) is 6.09. The van der Waals surface area contributed by atoms with E-state index in [0.717, 1.165) is 50.5 Å². The summed E-state index contributed by atoms with van der Waals surface area (Å²) in [5.74, 6) is -0.348. The molecule has 294 valence electrons. The molecule has 1 spiro atoms. The number of aliphatic hydroxyl groups excluding tert-OH is 2. The molecule has 1 aromatic rings. The monoisotopic (exact) mass is 732 g/mol. The molecule has 0 aromatic heterocycles. The Hall–Kier alpha value is -2.48. The van der Waals surface area contributed by atoms with E-state index in [-0.39, 0.29) is 45.7 Å². The minimum absolute atomic E-state index is 0.0640. The number of hydrogen-bond donors (Lipinski definition) is 2. The summed E-state index contributed by atoms with van der Waals surface area (Å²) >= 11 is 0. The van der Waals surface area contributed by atoms with E-state index in [9.17, 15) is 19.8 Å². The third-order valence-corrected chi connectivity index (χ3v) is 16.3. The second kappa shape index (κ2) is 13.6. The van der Waals surface area contributed by atoms with Gasteiger partial charge in [-0.1, -0.05) is 91.8 Å². The molecule has 12 atom stereocenters. The summed E-state index contributed by atoms with van der Waals surface area (Å²) in [6.07, 6.45) is 8.92. The van der Waals surface area contributed by atoms with Crippen molar-refractivity contribution >= 4 is 18.0 Å². The van der Waals surface area contributed by atoms with Crippen molar-refractivity contribution in [3.63, 3.8) is 0 Å². The molecule has 2 N–H and O–H groups in total. The lowest BCUT2D eigenvalue weighted by Gasteiger charge is -2.74. The van der Waals surface area contributed by atoms with Crippen LogP contribution in [0.1, 0.15) is 133 Å². The molecule has 7 nitrogen and oxygen atoms in total. The van der Waals surface area contributed by atoms with Crippen LogP contribution >= 0.6 is 0 Å². The molecule has 1 heterocycles. The molecule has 1 saturated heterocycles. The lowest BCUT2D eigenvalue weighted by Crippen LogP contribution is -2.74. The first-order valence-electron chi connectivity index (χ1n) is 20.4. The van der Waals surface area contributed by atoms with Gasteiger partial charge in [0.1, 0.15) is 12.2 Å². The molecule has 1 aromatic carbocycles. The first kappa shape index (κ1) is 40.2. The number of aliphatic hydroxyl groups is 2. The molecule has 0 radical (unpaired) electrons. The molecule has 6 rings (SSSR count). The van der Waals surface area contributed by atoms with Crippen LogP contribution in [-0.4, -0.2) is 58.8 Å². The van der Waals surface area contributed by atoms with Gasteiger partial charge in [0, 0.05) is 23.0 Å². The molecular formula is C46H68O7. The van der Waals surface area contributed by atoms with Crippen molar-refractivity contribution in [2.75, 3.05) is 6.61 Å². The van der Waals surface area contributed by atoms with Gasteiger partial charge < -0.3 is 24.4 Å². The maximum absolute atomic E-state index is 13.8. The van der Waals surface area contributed by atoms with Crippen LogP contribution in [-0.2, 0) is 23.8 Å². The highest BCUT2D eigenvalue weighted by molar-refractivity contribution is 5.88. The lowest BCUT2D eigenvalue weighted by molar-refractivity contribution is -0.300. The molecule has 1 aliphatic heterocycles. The number of carbonyl (C=O) groups excluding carboxylic acids is 2. The average molecular weight is 733 g/mol. The Labute approximate surface area is 319 Å². The topological polar surface area (TPSA) is 102 Å². The highest BCUT2D eigenvalue weighted by Crippen LogP contribution is 2.80. The Kier molecular flexibility index (Phi) is 10.3. The van der Waals surface area contributed by atoms with Crippen LogP contribution < -0.4 is 0 Å². The van der Waals surface area contributed by atoms with Crippen LogP contribution in [0.25, 0.3) is 6.08 Å². The molecule has 4 aliphatic carbocycles. The second-order valence-electron chi connectivity index (χ2n) is 20.3. The van der Waals surface area contributed by atoms with Crippen LogP contribution in [0.4, 0.5) is 0 Å². The molecule has 4 saturated carbocycles. The van der Waals surface area contributed by atoms with Crippen LogP contribution in [0.5, 0.6) is 0 Å². The van der Waals surface area contributed by atoms with Gasteiger partial charge in [0.2, 0.25) is 0 Å². The molecule has 3 unspecified atom stereocenters. The summed E-state index contributed by atoms with van der Waals surface area (Å²) in [6, 6.07) is 9.61. The minimum Gasteiger partial charge on any atom is -0.455 e. The van der Waals surface area contributed by atoms with Crippen molar-refractivity contribution in [3.8, 4) is 0 Å². The fraction of sp³-hybridized carbons (Fsp3) is 0.739. The number of hydrogen-bond acceptors (Lipinski definition) is 7. The summed E-state index contributed by atoms with van der Waals surface area (Å²) in [5.41, 5.74) is -0.983. The zero-order chi connectivity index (χ0) is 39.0. The van der Waals surface area contributed by atoms with Gasteiger partial charge in [-0.2, -0.15) is 0 Å². The maximum Gasteiger partial charge on any atom is 0.333 e. The van der Waals surface area contributed by atoms with E-state index >= 15 is 0 Å². The molecule has 2 bridgehead atoms. The van der Waals surface area contributed by atoms with Gasteiger partial charge in [-0.05, 0) is 117 Å². The summed E-state index contributed by atoms with van der Waals surface area (Å²) in [4.78, 5) is 27.1. The van der Waals surface area contributed by atoms with E-state index < -0.39 is 41.3 Å². The summed E-state index contributed by atoms with van der Waals surface area (Å²) < 4.78 is 20.0. The van der Waals surface area contributed by atoms with Gasteiger partial charge in [0.25, 0.3) is 0 Å². The average Bonchev–Trinajstić information content (AvgIpc) is 3.35. The second-order valence-corrected chi connectivity index (χ2v) is 20.3. The van der Waals surface area contributed by atoms with Crippen molar-refractivity contribution < 1.29 is 34.0 Å². The fourth-order valence-electron chi connectivity index (χ4n) is 13.4. The SMILES string of the molecule is C/C=C(/C)C(=O)O[C@H](C)[C@H](OC(=O)/C=C\c1ccccc1)[C@]12CO[C@@]3(CCC4[C@@]5(C)CC[C@H](O)C(C)(C)C5CC[C@@]4(C)[C@]3(C)C[C@H]1O)C2CC(C)(C)C. The van der Waals surface area contributed by atoms with E-state index in [4.69, 9.17) is 14.2 Å². The molecule has 5 aliphatic rings. The highest BCUT2D eigenvalue weighted by Gasteiger charge is 2.81. The third-order valence-electron chi connectivity index (χ3n) is 16.3. The fourth-order valence-corrected chi connectivity index (χ4v) is 13.4. The van der Waals surface area contributed by atoms with Gasteiger partial charge in [0.05, 0.1) is 29.8 Å². The molecular weight excluding hydrogens is 664 g/mol. The van der Waals surface area contributed by atoms with Crippen LogP contribution in [0.15, 0.2) is 48.1 Å². The van der Waals surface area contributed by atoms with Crippen molar-refractivity contribution in [1.29, 1.82) is 0 Å². The van der Waals surface area contributed by atoms with E-state index in [1.807, 2.05) is 30.3 Å². The summed E-state index contributed by atoms with van der Waals surface area (Å²) in [7, 11) is 0. The van der Waals surface area contributed by atoms with Gasteiger partial charge in [-0.3, -0.25) is 0 Å². The normalized spacial score (nSPS) is 41.8. The largest absolute Gasteiger partial charge is 0.455 e. The van der Waals surface area contributed by atoms with Crippen molar-refractivity contribution in [2.45, 2.75) is 158 Å². The number of carbonyl (C=O) groups is 2. The van der Waals surface area contributed by atoms with Gasteiger partial charge in [-0.25, -0.2) is 9.59 Å². The molecule has 5 fully saturated rings. The number of ether oxygens (including phenoxy) is 3.